The van der Waals surface area contributed by atoms with E-state index in [4.69, 9.17) is 4.42 Å². The third-order valence-corrected chi connectivity index (χ3v) is 3.60. The van der Waals surface area contributed by atoms with Crippen LogP contribution in [0, 0.1) is 0 Å². The molecule has 1 aromatic heterocycles. The van der Waals surface area contributed by atoms with Crippen LogP contribution in [0.15, 0.2) is 25.2 Å². The fourth-order valence-corrected chi connectivity index (χ4v) is 1.79. The fraction of sp³-hybridized carbons (Fsp3) is 0. The molecule has 88 valence electrons. The van der Waals surface area contributed by atoms with Crippen LogP contribution in [0.3, 0.4) is 0 Å². The van der Waals surface area contributed by atoms with Crippen molar-refractivity contribution in [2.75, 3.05) is 0 Å². The minimum absolute atomic E-state index is 0.196. The van der Waals surface area contributed by atoms with Crippen molar-refractivity contribution in [1.29, 1.82) is 0 Å². The molecule has 0 aromatic carbocycles. The highest BCUT2D eigenvalue weighted by Gasteiger charge is 2.28. The number of urea groups is 1. The first kappa shape index (κ1) is 12.1. The molecular formula is C9H4Br2N2O4. The molecule has 0 bridgehead atoms. The standard InChI is InChI=1S/C9H4Br2N2O4/c10-5-2-3(17-6(5)11)1-4-7(14)12-9(16)13-8(4)15/h1-2H,(H2,12,13,14,15,16). The van der Waals surface area contributed by atoms with Crippen LogP contribution < -0.4 is 10.6 Å². The number of hydrogen-bond donors (Lipinski definition) is 2. The van der Waals surface area contributed by atoms with Crippen LogP contribution in [0.4, 0.5) is 4.79 Å². The van der Waals surface area contributed by atoms with Crippen LogP contribution in [0.25, 0.3) is 6.08 Å². The van der Waals surface area contributed by atoms with Crippen LogP contribution in [0.1, 0.15) is 5.76 Å². The van der Waals surface area contributed by atoms with Crippen LogP contribution in [0.5, 0.6) is 0 Å². The maximum absolute atomic E-state index is 11.4. The normalized spacial score (nSPS) is 15.6. The number of furan rings is 1. The lowest BCUT2D eigenvalue weighted by Crippen LogP contribution is -2.51. The molecule has 6 nitrogen and oxygen atoms in total. The Morgan fingerprint density at radius 1 is 1.12 bits per heavy atom. The smallest absolute Gasteiger partial charge is 0.328 e. The molecular weight excluding hydrogens is 360 g/mol. The predicted octanol–water partition coefficient (Wildman–Crippen LogP) is 1.55. The van der Waals surface area contributed by atoms with E-state index in [0.717, 1.165) is 0 Å². The lowest BCUT2D eigenvalue weighted by Gasteiger charge is -2.13. The number of halogens is 2. The number of rotatable bonds is 1. The lowest BCUT2D eigenvalue weighted by molar-refractivity contribution is -0.123. The van der Waals surface area contributed by atoms with E-state index < -0.39 is 17.8 Å². The number of imide groups is 2. The quantitative estimate of drug-likeness (QED) is 0.585. The molecule has 0 unspecified atom stereocenters. The molecule has 0 radical (unpaired) electrons. The number of carbonyl (C=O) groups is 3. The molecule has 1 saturated heterocycles. The van der Waals surface area contributed by atoms with E-state index in [0.29, 0.717) is 14.9 Å². The van der Waals surface area contributed by atoms with Crippen LogP contribution >= 0.6 is 31.9 Å². The predicted molar refractivity (Wildman–Crippen MR) is 63.8 cm³/mol. The topological polar surface area (TPSA) is 88.4 Å². The molecule has 1 aliphatic heterocycles. The average molecular weight is 364 g/mol. The van der Waals surface area contributed by atoms with Gasteiger partial charge in [0.15, 0.2) is 4.67 Å². The molecule has 0 atom stereocenters. The highest BCUT2D eigenvalue weighted by molar-refractivity contribution is 9.13. The average Bonchev–Trinajstić information content (AvgIpc) is 2.52. The highest BCUT2D eigenvalue weighted by Crippen LogP contribution is 2.28. The van der Waals surface area contributed by atoms with E-state index in [-0.39, 0.29) is 5.57 Å². The first-order valence-electron chi connectivity index (χ1n) is 4.30. The van der Waals surface area contributed by atoms with Gasteiger partial charge in [-0.2, -0.15) is 0 Å². The summed E-state index contributed by atoms with van der Waals surface area (Å²) in [5.74, 6) is -1.22. The summed E-state index contributed by atoms with van der Waals surface area (Å²) in [7, 11) is 0. The second-order valence-electron chi connectivity index (χ2n) is 3.07. The summed E-state index contributed by atoms with van der Waals surface area (Å²) in [4.78, 5) is 33.6. The monoisotopic (exact) mass is 362 g/mol. The minimum atomic E-state index is -0.834. The van der Waals surface area contributed by atoms with Crippen molar-refractivity contribution in [2.45, 2.75) is 0 Å². The molecule has 1 aromatic rings. The third kappa shape index (κ3) is 2.47. The van der Waals surface area contributed by atoms with Crippen LogP contribution in [0.2, 0.25) is 0 Å². The first-order chi connectivity index (χ1) is 7.97. The van der Waals surface area contributed by atoms with Crippen molar-refractivity contribution in [1.82, 2.24) is 10.6 Å². The van der Waals surface area contributed by atoms with Gasteiger partial charge in [-0.15, -0.1) is 0 Å². The zero-order chi connectivity index (χ0) is 12.6. The zero-order valence-electron chi connectivity index (χ0n) is 8.04. The second-order valence-corrected chi connectivity index (χ2v) is 4.64. The van der Waals surface area contributed by atoms with E-state index >= 15 is 0 Å². The molecule has 17 heavy (non-hydrogen) atoms. The van der Waals surface area contributed by atoms with Crippen LogP contribution in [-0.2, 0) is 9.59 Å². The van der Waals surface area contributed by atoms with Crippen LogP contribution in [-0.4, -0.2) is 17.8 Å². The Hall–Kier alpha value is -1.41. The van der Waals surface area contributed by atoms with Crippen molar-refractivity contribution in [3.8, 4) is 0 Å². The van der Waals surface area contributed by atoms with Crippen molar-refractivity contribution in [3.05, 3.63) is 26.5 Å². The van der Waals surface area contributed by atoms with Gasteiger partial charge in [0.05, 0.1) is 4.47 Å². The van der Waals surface area contributed by atoms with Crippen molar-refractivity contribution >= 4 is 55.8 Å². The molecule has 0 aliphatic carbocycles. The van der Waals surface area contributed by atoms with Gasteiger partial charge in [-0.3, -0.25) is 20.2 Å². The van der Waals surface area contributed by atoms with Crippen molar-refractivity contribution in [2.24, 2.45) is 0 Å². The van der Waals surface area contributed by atoms with Gasteiger partial charge in [0.2, 0.25) is 0 Å². The fourth-order valence-electron chi connectivity index (χ4n) is 1.18. The van der Waals surface area contributed by atoms with Gasteiger partial charge in [0.1, 0.15) is 11.3 Å². The van der Waals surface area contributed by atoms with E-state index in [2.05, 4.69) is 31.9 Å². The Bertz CT molecular complexity index is 520. The number of amides is 4. The summed E-state index contributed by atoms with van der Waals surface area (Å²) in [6.07, 6.45) is 1.24. The number of nitrogens with one attached hydrogen (secondary N) is 2. The molecule has 2 heterocycles. The summed E-state index contributed by atoms with van der Waals surface area (Å²) in [5, 5.41) is 3.92. The molecule has 8 heteroatoms. The van der Waals surface area contributed by atoms with Gasteiger partial charge in [-0.1, -0.05) is 0 Å². The molecule has 2 rings (SSSR count). The Balaban J connectivity index is 2.35. The Morgan fingerprint density at radius 3 is 2.18 bits per heavy atom. The Labute approximate surface area is 112 Å². The molecule has 0 spiro atoms. The van der Waals surface area contributed by atoms with Gasteiger partial charge in [-0.05, 0) is 44.0 Å². The first-order valence-corrected chi connectivity index (χ1v) is 5.89. The molecule has 2 N–H and O–H groups in total. The molecule has 0 saturated carbocycles. The summed E-state index contributed by atoms with van der Waals surface area (Å²) in [6, 6.07) is 0.743. The second kappa shape index (κ2) is 4.46. The highest BCUT2D eigenvalue weighted by atomic mass is 79.9. The third-order valence-electron chi connectivity index (χ3n) is 1.89. The summed E-state index contributed by atoms with van der Waals surface area (Å²) < 4.78 is 6.28. The minimum Gasteiger partial charge on any atom is -0.449 e. The number of carbonyl (C=O) groups excluding carboxylic acids is 3. The summed E-state index contributed by atoms with van der Waals surface area (Å²) in [5.41, 5.74) is -0.196. The van der Waals surface area contributed by atoms with Gasteiger partial charge in [-0.25, -0.2) is 4.79 Å². The van der Waals surface area contributed by atoms with Crippen molar-refractivity contribution in [3.63, 3.8) is 0 Å². The lowest BCUT2D eigenvalue weighted by atomic mass is 10.1. The van der Waals surface area contributed by atoms with Gasteiger partial charge in [0, 0.05) is 0 Å². The maximum Gasteiger partial charge on any atom is 0.328 e. The Kier molecular flexibility index (Phi) is 3.16. The van der Waals surface area contributed by atoms with E-state index in [9.17, 15) is 14.4 Å². The SMILES string of the molecule is O=C1NC(=O)C(=Cc2cc(Br)c(Br)o2)C(=O)N1. The summed E-state index contributed by atoms with van der Waals surface area (Å²) in [6.45, 7) is 0. The number of hydrogen-bond acceptors (Lipinski definition) is 4. The maximum atomic E-state index is 11.4. The largest absolute Gasteiger partial charge is 0.449 e. The molecule has 1 fully saturated rings. The summed E-state index contributed by atoms with van der Waals surface area (Å²) >= 11 is 6.32. The van der Waals surface area contributed by atoms with Gasteiger partial charge in [0.25, 0.3) is 11.8 Å². The van der Waals surface area contributed by atoms with Gasteiger partial charge < -0.3 is 4.42 Å². The Morgan fingerprint density at radius 2 is 1.71 bits per heavy atom. The van der Waals surface area contributed by atoms with Gasteiger partial charge >= 0.3 is 6.03 Å². The zero-order valence-corrected chi connectivity index (χ0v) is 11.2. The van der Waals surface area contributed by atoms with E-state index in [1.165, 1.54) is 6.08 Å². The van der Waals surface area contributed by atoms with Crippen molar-refractivity contribution < 1.29 is 18.8 Å². The molecule has 1 aliphatic rings. The number of barbiturate groups is 1. The van der Waals surface area contributed by atoms with E-state index in [1.54, 1.807) is 6.07 Å². The van der Waals surface area contributed by atoms with E-state index in [1.807, 2.05) is 10.6 Å². The molecule has 4 amide bonds.